The van der Waals surface area contributed by atoms with Crippen molar-refractivity contribution >= 4 is 23.2 Å². The Morgan fingerprint density at radius 2 is 1.81 bits per heavy atom. The van der Waals surface area contributed by atoms with E-state index in [1.165, 1.54) is 56.0 Å². The van der Waals surface area contributed by atoms with Gasteiger partial charge in [-0.05, 0) is 78.8 Å². The van der Waals surface area contributed by atoms with Crippen LogP contribution in [0.1, 0.15) is 74.0 Å². The molecule has 6 heteroatoms. The molecule has 3 unspecified atom stereocenters. The Bertz CT molecular complexity index is 1190. The van der Waals surface area contributed by atoms with Crippen LogP contribution in [-0.2, 0) is 0 Å². The number of rotatable bonds is 8. The normalized spacial score (nSPS) is 17.0. The minimum Gasteiger partial charge on any atom is -0.457 e. The van der Waals surface area contributed by atoms with E-state index in [0.29, 0.717) is 22.2 Å². The Labute approximate surface area is 224 Å². The van der Waals surface area contributed by atoms with E-state index in [1.807, 2.05) is 31.2 Å². The minimum atomic E-state index is -0.371. The van der Waals surface area contributed by atoms with Gasteiger partial charge in [-0.25, -0.2) is 4.39 Å². The maximum absolute atomic E-state index is 13.1. The summed E-state index contributed by atoms with van der Waals surface area (Å²) in [6, 6.07) is 17.5. The molecule has 0 spiro atoms. The average Bonchev–Trinajstić information content (AvgIpc) is 2.89. The molecule has 0 radical (unpaired) electrons. The first-order valence-electron chi connectivity index (χ1n) is 12.8. The number of ether oxygens (including phenoxy) is 1. The van der Waals surface area contributed by atoms with Crippen molar-refractivity contribution in [3.05, 3.63) is 101 Å². The van der Waals surface area contributed by atoms with Gasteiger partial charge in [0.2, 0.25) is 0 Å². The summed E-state index contributed by atoms with van der Waals surface area (Å²) in [4.78, 5) is 12.9. The number of carbonyl (C=O) groups is 1. The van der Waals surface area contributed by atoms with Gasteiger partial charge in [-0.15, -0.1) is 0 Å². The van der Waals surface area contributed by atoms with E-state index >= 15 is 0 Å². The highest BCUT2D eigenvalue weighted by atomic mass is 35.5. The van der Waals surface area contributed by atoms with E-state index in [2.05, 4.69) is 25.7 Å². The molecule has 1 saturated carbocycles. The Hall–Kier alpha value is -3.31. The highest BCUT2D eigenvalue weighted by molar-refractivity contribution is 6.31. The second kappa shape index (κ2) is 13.3. The van der Waals surface area contributed by atoms with Gasteiger partial charge < -0.3 is 15.8 Å². The molecule has 1 amide bonds. The summed E-state index contributed by atoms with van der Waals surface area (Å²) in [5.74, 6) is 2.16. The van der Waals surface area contributed by atoms with Crippen molar-refractivity contribution in [1.82, 2.24) is 5.32 Å². The van der Waals surface area contributed by atoms with Gasteiger partial charge in [-0.2, -0.15) is 0 Å². The molecular weight excluding hydrogens is 487 g/mol. The number of amides is 1. The van der Waals surface area contributed by atoms with Crippen LogP contribution in [-0.4, -0.2) is 5.91 Å². The number of halogens is 2. The molecule has 1 fully saturated rings. The van der Waals surface area contributed by atoms with Gasteiger partial charge in [-0.1, -0.05) is 75.6 Å². The fraction of sp³-hybridized carbons (Fsp3) is 0.323. The van der Waals surface area contributed by atoms with Gasteiger partial charge in [0, 0.05) is 10.7 Å². The summed E-state index contributed by atoms with van der Waals surface area (Å²) < 4.78 is 18.9. The highest BCUT2D eigenvalue weighted by Crippen LogP contribution is 2.36. The maximum Gasteiger partial charge on any atom is 0.255 e. The van der Waals surface area contributed by atoms with Gasteiger partial charge in [0.1, 0.15) is 17.3 Å². The molecule has 3 aromatic rings. The number of benzene rings is 3. The van der Waals surface area contributed by atoms with E-state index in [0.717, 1.165) is 23.0 Å². The van der Waals surface area contributed by atoms with Gasteiger partial charge in [0.25, 0.3) is 5.91 Å². The van der Waals surface area contributed by atoms with Gasteiger partial charge in [0.05, 0.1) is 11.6 Å². The lowest BCUT2D eigenvalue weighted by Crippen LogP contribution is -2.27. The maximum atomic E-state index is 13.1. The first-order chi connectivity index (χ1) is 17.7. The largest absolute Gasteiger partial charge is 0.457 e. The molecule has 196 valence electrons. The molecule has 1 aliphatic rings. The quantitative estimate of drug-likeness (QED) is 0.311. The van der Waals surface area contributed by atoms with Crippen LogP contribution in [0, 0.1) is 17.7 Å². The number of carbonyl (C=O) groups excluding carboxylic acids is 1. The first kappa shape index (κ1) is 28.3. The van der Waals surface area contributed by atoms with Gasteiger partial charge >= 0.3 is 0 Å². The molecule has 0 bridgehead atoms. The third-order valence-corrected chi connectivity index (χ3v) is 7.05. The molecule has 3 N–H and O–H groups in total. The molecule has 4 rings (SSSR count). The summed E-state index contributed by atoms with van der Waals surface area (Å²) in [7, 11) is 0. The number of nitrogens with one attached hydrogen (secondary N) is 1. The molecule has 0 aliphatic heterocycles. The van der Waals surface area contributed by atoms with Crippen molar-refractivity contribution < 1.29 is 13.9 Å². The van der Waals surface area contributed by atoms with E-state index in [4.69, 9.17) is 22.1 Å². The first-order valence-corrected chi connectivity index (χ1v) is 13.1. The van der Waals surface area contributed by atoms with Crippen LogP contribution in [0.3, 0.4) is 0 Å². The van der Waals surface area contributed by atoms with Crippen LogP contribution in [0.2, 0.25) is 5.02 Å². The lowest BCUT2D eigenvalue weighted by Gasteiger charge is -2.33. The van der Waals surface area contributed by atoms with Crippen LogP contribution >= 0.6 is 11.6 Å². The fourth-order valence-electron chi connectivity index (χ4n) is 4.28. The summed E-state index contributed by atoms with van der Waals surface area (Å²) in [5.41, 5.74) is 8.19. The Balaban J connectivity index is 0.000000405. The van der Waals surface area contributed by atoms with Crippen LogP contribution in [0.5, 0.6) is 11.5 Å². The van der Waals surface area contributed by atoms with Crippen LogP contribution in [0.25, 0.3) is 5.70 Å². The molecule has 1 aliphatic carbocycles. The second-order valence-corrected chi connectivity index (χ2v) is 10.1. The van der Waals surface area contributed by atoms with Crippen molar-refractivity contribution in [2.24, 2.45) is 17.6 Å². The lowest BCUT2D eigenvalue weighted by molar-refractivity contribution is 0.0937. The van der Waals surface area contributed by atoms with Crippen LogP contribution in [0.4, 0.5) is 4.39 Å². The molecule has 4 nitrogen and oxygen atoms in total. The summed E-state index contributed by atoms with van der Waals surface area (Å²) in [5, 5.41) is 3.34. The van der Waals surface area contributed by atoms with Crippen LogP contribution < -0.4 is 15.8 Å². The monoisotopic (exact) mass is 522 g/mol. The number of nitrogens with two attached hydrogens (primary N) is 1. The average molecular weight is 523 g/mol. The van der Waals surface area contributed by atoms with Crippen molar-refractivity contribution in [2.75, 3.05) is 0 Å². The van der Waals surface area contributed by atoms with Gasteiger partial charge in [-0.3, -0.25) is 4.79 Å². The standard InChI is InChI=1S/C23H20ClFN2O2.C8H16/c1-14(26)16-3-5-17(6-4-16)15(2)27-23(28)21-13-18(24)7-12-22(21)29-20-10-8-19(25)9-11-20;1-3-4-8-6-5-7(8)2/h3-13,15H,1,26H2,2H3,(H,27,28);7-8H,3-6H2,1-2H3. The van der Waals surface area contributed by atoms with Crippen molar-refractivity contribution in [3.63, 3.8) is 0 Å². The van der Waals surface area contributed by atoms with Gasteiger partial charge in [0.15, 0.2) is 0 Å². The predicted octanol–water partition coefficient (Wildman–Crippen LogP) is 8.52. The predicted molar refractivity (Wildman–Crippen MR) is 150 cm³/mol. The SMILES string of the molecule is C=C(N)c1ccc(C(C)NC(=O)c2cc(Cl)ccc2Oc2ccc(F)cc2)cc1.CCCC1CCC1C. The summed E-state index contributed by atoms with van der Waals surface area (Å²) in [6.07, 6.45) is 5.86. The Morgan fingerprint density at radius 3 is 2.32 bits per heavy atom. The zero-order chi connectivity index (χ0) is 26.9. The molecule has 0 saturated heterocycles. The van der Waals surface area contributed by atoms with Crippen LogP contribution in [0.15, 0.2) is 73.3 Å². The minimum absolute atomic E-state index is 0.264. The Kier molecular flexibility index (Phi) is 10.2. The van der Waals surface area contributed by atoms with E-state index in [-0.39, 0.29) is 23.3 Å². The third-order valence-electron chi connectivity index (χ3n) is 6.81. The molecule has 3 atom stereocenters. The number of hydrogen-bond acceptors (Lipinski definition) is 3. The van der Waals surface area contributed by atoms with Crippen molar-refractivity contribution in [1.29, 1.82) is 0 Å². The zero-order valence-electron chi connectivity index (χ0n) is 21.8. The molecule has 3 aromatic carbocycles. The van der Waals surface area contributed by atoms with E-state index in [9.17, 15) is 9.18 Å². The molecule has 0 aromatic heterocycles. The third kappa shape index (κ3) is 8.09. The number of hydrogen-bond donors (Lipinski definition) is 2. The lowest BCUT2D eigenvalue weighted by atomic mass is 9.73. The highest BCUT2D eigenvalue weighted by Gasteiger charge is 2.24. The summed E-state index contributed by atoms with van der Waals surface area (Å²) >= 11 is 6.08. The Morgan fingerprint density at radius 1 is 1.14 bits per heavy atom. The molecule has 0 heterocycles. The van der Waals surface area contributed by atoms with Crippen molar-refractivity contribution in [3.8, 4) is 11.5 Å². The zero-order valence-corrected chi connectivity index (χ0v) is 22.5. The molecular formula is C31H36ClFN2O2. The molecule has 37 heavy (non-hydrogen) atoms. The smallest absolute Gasteiger partial charge is 0.255 e. The topological polar surface area (TPSA) is 64.3 Å². The van der Waals surface area contributed by atoms with Crippen molar-refractivity contribution in [2.45, 2.75) is 52.5 Å². The fourth-order valence-corrected chi connectivity index (χ4v) is 4.45. The summed E-state index contributed by atoms with van der Waals surface area (Å²) in [6.45, 7) is 10.2. The van der Waals surface area contributed by atoms with E-state index < -0.39 is 0 Å². The van der Waals surface area contributed by atoms with E-state index in [1.54, 1.807) is 12.1 Å². The second-order valence-electron chi connectivity index (χ2n) is 9.64.